The minimum Gasteiger partial charge on any atom is -0.475 e. The number of amides is 1. The fraction of sp³-hybridized carbons (Fsp3) is 0.429. The molecular weight excluding hydrogens is 565 g/mol. The van der Waals surface area contributed by atoms with E-state index in [9.17, 15) is 22.8 Å². The van der Waals surface area contributed by atoms with Gasteiger partial charge >= 0.3 is 12.1 Å². The van der Waals surface area contributed by atoms with Crippen molar-refractivity contribution < 1.29 is 32.6 Å². The Balaban J connectivity index is 0.000000587. The number of methoxy groups -OCH3 is 1. The maximum absolute atomic E-state index is 13.3. The molecule has 4 rings (SSSR count). The SMILES string of the molecule is COCCNC(=O)CCN1CCC[C@@H]1Cn1nc(Cc2ccc(Cl)cc2)c2ccccc2c1=O.O=C(O)C(F)(F)F. The number of aromatic nitrogens is 2. The summed E-state index contributed by atoms with van der Waals surface area (Å²) in [7, 11) is 1.62. The van der Waals surface area contributed by atoms with Crippen molar-refractivity contribution in [2.45, 2.75) is 44.4 Å². The largest absolute Gasteiger partial charge is 0.490 e. The van der Waals surface area contributed by atoms with Gasteiger partial charge in [-0.3, -0.25) is 14.5 Å². The summed E-state index contributed by atoms with van der Waals surface area (Å²) in [6.07, 6.45) is -2.00. The van der Waals surface area contributed by atoms with Crippen molar-refractivity contribution >= 4 is 34.2 Å². The Morgan fingerprint density at radius 3 is 2.44 bits per heavy atom. The van der Waals surface area contributed by atoms with Crippen molar-refractivity contribution in [2.75, 3.05) is 33.4 Å². The third kappa shape index (κ3) is 9.55. The first kappa shape index (κ1) is 32.0. The van der Waals surface area contributed by atoms with Gasteiger partial charge in [0.25, 0.3) is 5.56 Å². The lowest BCUT2D eigenvalue weighted by Crippen LogP contribution is -2.39. The van der Waals surface area contributed by atoms with Crippen LogP contribution in [0.2, 0.25) is 5.02 Å². The maximum Gasteiger partial charge on any atom is 0.490 e. The van der Waals surface area contributed by atoms with Crippen LogP contribution in [0.1, 0.15) is 30.5 Å². The summed E-state index contributed by atoms with van der Waals surface area (Å²) in [6.45, 7) is 3.14. The minimum absolute atomic E-state index is 0.0222. The second-order valence-corrected chi connectivity index (χ2v) is 9.95. The number of nitrogens with one attached hydrogen (secondary N) is 1. The summed E-state index contributed by atoms with van der Waals surface area (Å²) in [6, 6.07) is 15.6. The fourth-order valence-electron chi connectivity index (χ4n) is 4.58. The molecule has 41 heavy (non-hydrogen) atoms. The second kappa shape index (κ2) is 14.9. The van der Waals surface area contributed by atoms with E-state index in [0.717, 1.165) is 36.0 Å². The third-order valence-corrected chi connectivity index (χ3v) is 6.86. The standard InChI is InChI=1S/C26H31ClN4O3.C2HF3O2/c1-34-16-13-28-25(32)12-15-30-14-4-5-21(30)18-31-26(33)23-7-3-2-6-22(23)24(29-31)17-19-8-10-20(27)11-9-19;3-2(4,5)1(6)7/h2-3,6-11,21H,4-5,12-18H2,1H3,(H,28,32);(H,6,7)/t21-;/m1./s1. The van der Waals surface area contributed by atoms with Crippen LogP contribution < -0.4 is 10.9 Å². The first-order valence-corrected chi connectivity index (χ1v) is 13.4. The molecule has 0 aliphatic carbocycles. The number of ether oxygens (including phenoxy) is 1. The Labute approximate surface area is 239 Å². The number of carbonyl (C=O) groups excluding carboxylic acids is 1. The topological polar surface area (TPSA) is 114 Å². The molecule has 2 aromatic carbocycles. The quantitative estimate of drug-likeness (QED) is 0.341. The lowest BCUT2D eigenvalue weighted by Gasteiger charge is -2.25. The van der Waals surface area contributed by atoms with Gasteiger partial charge in [-0.1, -0.05) is 41.9 Å². The van der Waals surface area contributed by atoms with Crippen molar-refractivity contribution in [3.63, 3.8) is 0 Å². The summed E-state index contributed by atoms with van der Waals surface area (Å²) >= 11 is 6.05. The van der Waals surface area contributed by atoms with E-state index in [-0.39, 0.29) is 17.5 Å². The number of carbonyl (C=O) groups is 2. The van der Waals surface area contributed by atoms with Crippen LogP contribution in [-0.2, 0) is 27.3 Å². The highest BCUT2D eigenvalue weighted by Gasteiger charge is 2.38. The third-order valence-electron chi connectivity index (χ3n) is 6.61. The molecule has 1 aromatic heterocycles. The zero-order chi connectivity index (χ0) is 30.0. The fourth-order valence-corrected chi connectivity index (χ4v) is 4.70. The van der Waals surface area contributed by atoms with E-state index >= 15 is 0 Å². The normalized spacial score (nSPS) is 15.4. The Hall–Kier alpha value is -3.48. The van der Waals surface area contributed by atoms with Crippen LogP contribution in [0.4, 0.5) is 13.2 Å². The molecule has 13 heteroatoms. The Morgan fingerprint density at radius 1 is 1.15 bits per heavy atom. The Kier molecular flexibility index (Phi) is 11.7. The van der Waals surface area contributed by atoms with Gasteiger partial charge in [0, 0.05) is 49.5 Å². The van der Waals surface area contributed by atoms with Crippen molar-refractivity contribution in [3.05, 3.63) is 75.2 Å². The lowest BCUT2D eigenvalue weighted by atomic mass is 10.0. The molecule has 1 saturated heterocycles. The van der Waals surface area contributed by atoms with E-state index in [2.05, 4.69) is 10.2 Å². The van der Waals surface area contributed by atoms with Crippen molar-refractivity contribution in [2.24, 2.45) is 0 Å². The van der Waals surface area contributed by atoms with Gasteiger partial charge in [0.1, 0.15) is 0 Å². The molecule has 1 aliphatic rings. The zero-order valence-electron chi connectivity index (χ0n) is 22.5. The Morgan fingerprint density at radius 2 is 1.80 bits per heavy atom. The van der Waals surface area contributed by atoms with Gasteiger partial charge < -0.3 is 15.2 Å². The van der Waals surface area contributed by atoms with Gasteiger partial charge in [0.05, 0.1) is 24.2 Å². The highest BCUT2D eigenvalue weighted by atomic mass is 35.5. The summed E-state index contributed by atoms with van der Waals surface area (Å²) in [5, 5.41) is 17.1. The van der Waals surface area contributed by atoms with Crippen molar-refractivity contribution in [1.29, 1.82) is 0 Å². The van der Waals surface area contributed by atoms with Crippen LogP contribution in [0, 0.1) is 0 Å². The average Bonchev–Trinajstić information content (AvgIpc) is 3.38. The van der Waals surface area contributed by atoms with Gasteiger partial charge in [0.15, 0.2) is 0 Å². The van der Waals surface area contributed by atoms with Crippen LogP contribution in [0.5, 0.6) is 0 Å². The molecule has 0 unspecified atom stereocenters. The predicted octanol–water partition coefficient (Wildman–Crippen LogP) is 3.89. The molecule has 0 saturated carbocycles. The van der Waals surface area contributed by atoms with Crippen molar-refractivity contribution in [3.8, 4) is 0 Å². The number of carboxylic acids is 1. The van der Waals surface area contributed by atoms with Gasteiger partial charge in [-0.15, -0.1) is 0 Å². The van der Waals surface area contributed by atoms with Crippen LogP contribution in [0.3, 0.4) is 0 Å². The molecule has 3 aromatic rings. The molecule has 2 N–H and O–H groups in total. The number of halogens is 4. The van der Waals surface area contributed by atoms with Gasteiger partial charge in [0.2, 0.25) is 5.91 Å². The molecule has 222 valence electrons. The van der Waals surface area contributed by atoms with E-state index in [4.69, 9.17) is 31.3 Å². The van der Waals surface area contributed by atoms with Crippen LogP contribution in [-0.4, -0.2) is 77.2 Å². The number of nitrogens with zero attached hydrogens (tertiary/aromatic N) is 3. The zero-order valence-corrected chi connectivity index (χ0v) is 23.2. The molecule has 1 amide bonds. The number of likely N-dealkylation sites (tertiary alicyclic amines) is 1. The smallest absolute Gasteiger partial charge is 0.475 e. The first-order valence-electron chi connectivity index (χ1n) is 13.0. The second-order valence-electron chi connectivity index (χ2n) is 9.51. The van der Waals surface area contributed by atoms with Gasteiger partial charge in [-0.25, -0.2) is 9.48 Å². The molecule has 0 bridgehead atoms. The van der Waals surface area contributed by atoms with E-state index in [1.165, 1.54) is 0 Å². The van der Waals surface area contributed by atoms with E-state index < -0.39 is 12.1 Å². The average molecular weight is 597 g/mol. The number of hydrogen-bond acceptors (Lipinski definition) is 6. The monoisotopic (exact) mass is 596 g/mol. The number of rotatable bonds is 10. The van der Waals surface area contributed by atoms with Crippen LogP contribution >= 0.6 is 11.6 Å². The summed E-state index contributed by atoms with van der Waals surface area (Å²) in [5.74, 6) is -2.73. The van der Waals surface area contributed by atoms with Crippen LogP contribution in [0.15, 0.2) is 53.3 Å². The van der Waals surface area contributed by atoms with E-state index in [0.29, 0.717) is 49.5 Å². The number of hydrogen-bond donors (Lipinski definition) is 2. The highest BCUT2D eigenvalue weighted by Crippen LogP contribution is 2.21. The lowest BCUT2D eigenvalue weighted by molar-refractivity contribution is -0.192. The number of carboxylic acid groups (broad SMARTS) is 1. The molecule has 1 fully saturated rings. The van der Waals surface area contributed by atoms with Crippen molar-refractivity contribution in [1.82, 2.24) is 20.0 Å². The predicted molar refractivity (Wildman–Crippen MR) is 148 cm³/mol. The molecule has 1 aliphatic heterocycles. The molecule has 9 nitrogen and oxygen atoms in total. The summed E-state index contributed by atoms with van der Waals surface area (Å²) in [5.41, 5.74) is 1.90. The Bertz CT molecular complexity index is 1380. The molecule has 2 heterocycles. The maximum atomic E-state index is 13.3. The summed E-state index contributed by atoms with van der Waals surface area (Å²) < 4.78 is 38.3. The van der Waals surface area contributed by atoms with E-state index in [1.54, 1.807) is 11.8 Å². The summed E-state index contributed by atoms with van der Waals surface area (Å²) in [4.78, 5) is 36.6. The van der Waals surface area contributed by atoms with E-state index in [1.807, 2.05) is 48.5 Å². The van der Waals surface area contributed by atoms with Crippen LogP contribution in [0.25, 0.3) is 10.8 Å². The molecular formula is C28H32ClF3N4O5. The highest BCUT2D eigenvalue weighted by molar-refractivity contribution is 6.30. The first-order chi connectivity index (χ1) is 19.5. The molecule has 0 spiro atoms. The number of alkyl halides is 3. The molecule has 0 radical (unpaired) electrons. The minimum atomic E-state index is -5.08. The molecule has 1 atom stereocenters. The number of fused-ring (bicyclic) bond motifs is 1. The van der Waals surface area contributed by atoms with Gasteiger partial charge in [-0.2, -0.15) is 18.3 Å². The van der Waals surface area contributed by atoms with Gasteiger partial charge in [-0.05, 0) is 43.1 Å². The number of benzene rings is 2. The number of aliphatic carboxylic acids is 1.